The van der Waals surface area contributed by atoms with Gasteiger partial charge in [0.15, 0.2) is 5.96 Å². The zero-order chi connectivity index (χ0) is 20.7. The van der Waals surface area contributed by atoms with Gasteiger partial charge in [-0.15, -0.1) is 24.0 Å². The molecule has 1 aromatic carbocycles. The molecule has 0 saturated carbocycles. The van der Waals surface area contributed by atoms with Crippen LogP contribution in [0.5, 0.6) is 5.75 Å². The van der Waals surface area contributed by atoms with Gasteiger partial charge in [0.2, 0.25) is 5.89 Å². The van der Waals surface area contributed by atoms with Crippen molar-refractivity contribution in [3.63, 3.8) is 0 Å². The number of halogens is 1. The topological polar surface area (TPSA) is 80.9 Å². The second kappa shape index (κ2) is 11.5. The minimum atomic E-state index is -0.00325. The fraction of sp³-hybridized carbons (Fsp3) is 0.545. The maximum absolute atomic E-state index is 5.64. The van der Waals surface area contributed by atoms with Crippen LogP contribution < -0.4 is 15.4 Å². The molecule has 0 bridgehead atoms. The smallest absolute Gasteiger partial charge is 0.214 e. The molecule has 1 saturated heterocycles. The van der Waals surface area contributed by atoms with Crippen molar-refractivity contribution in [2.75, 3.05) is 33.4 Å². The quantitative estimate of drug-likeness (QED) is 0.324. The Morgan fingerprint density at radius 3 is 2.43 bits per heavy atom. The van der Waals surface area contributed by atoms with E-state index in [1.54, 1.807) is 7.05 Å². The molecule has 2 aromatic rings. The Morgan fingerprint density at radius 1 is 1.17 bits per heavy atom. The summed E-state index contributed by atoms with van der Waals surface area (Å²) in [6.45, 7) is 9.32. The van der Waals surface area contributed by atoms with Crippen LogP contribution in [-0.4, -0.2) is 44.4 Å². The number of hydrogen-bond acceptors (Lipinski definition) is 5. The van der Waals surface area contributed by atoms with Crippen LogP contribution in [0.2, 0.25) is 0 Å². The molecule has 1 aromatic heterocycles. The van der Waals surface area contributed by atoms with Crippen molar-refractivity contribution >= 4 is 29.9 Å². The van der Waals surface area contributed by atoms with Gasteiger partial charge in [-0.1, -0.05) is 12.1 Å². The van der Waals surface area contributed by atoms with Gasteiger partial charge >= 0.3 is 0 Å². The van der Waals surface area contributed by atoms with Crippen LogP contribution in [0.1, 0.15) is 42.7 Å². The lowest BCUT2D eigenvalue weighted by atomic mass is 9.74. The van der Waals surface area contributed by atoms with Gasteiger partial charge in [-0.25, -0.2) is 4.98 Å². The summed E-state index contributed by atoms with van der Waals surface area (Å²) in [4.78, 5) is 8.76. The van der Waals surface area contributed by atoms with Crippen molar-refractivity contribution < 1.29 is 13.9 Å². The van der Waals surface area contributed by atoms with Crippen molar-refractivity contribution in [1.82, 2.24) is 15.6 Å². The first-order valence-corrected chi connectivity index (χ1v) is 10.2. The number of aliphatic imine (C=N–C) groups is 1. The van der Waals surface area contributed by atoms with Crippen LogP contribution in [0.15, 0.2) is 33.7 Å². The third kappa shape index (κ3) is 6.10. The number of hydrogen-bond donors (Lipinski definition) is 2. The van der Waals surface area contributed by atoms with Crippen molar-refractivity contribution in [2.45, 2.75) is 45.6 Å². The normalized spacial score (nSPS) is 15.9. The van der Waals surface area contributed by atoms with Crippen LogP contribution in [0.25, 0.3) is 0 Å². The summed E-state index contributed by atoms with van der Waals surface area (Å²) >= 11 is 0. The number of ether oxygens (including phenoxy) is 2. The summed E-state index contributed by atoms with van der Waals surface area (Å²) in [5, 5.41) is 6.78. The monoisotopic (exact) mass is 528 g/mol. The highest BCUT2D eigenvalue weighted by Gasteiger charge is 2.34. The van der Waals surface area contributed by atoms with Crippen molar-refractivity contribution in [3.8, 4) is 5.75 Å². The number of guanidine groups is 1. The van der Waals surface area contributed by atoms with E-state index in [0.29, 0.717) is 19.0 Å². The van der Waals surface area contributed by atoms with Gasteiger partial charge in [0, 0.05) is 32.2 Å². The third-order valence-corrected chi connectivity index (χ3v) is 5.53. The van der Waals surface area contributed by atoms with Gasteiger partial charge < -0.3 is 24.5 Å². The molecule has 2 N–H and O–H groups in total. The molecule has 0 unspecified atom stereocenters. The van der Waals surface area contributed by atoms with E-state index in [4.69, 9.17) is 13.9 Å². The van der Waals surface area contributed by atoms with Crippen LogP contribution in [-0.2, 0) is 16.7 Å². The Morgan fingerprint density at radius 2 is 1.87 bits per heavy atom. The van der Waals surface area contributed by atoms with Crippen molar-refractivity contribution in [1.29, 1.82) is 0 Å². The second-order valence-electron chi connectivity index (χ2n) is 7.38. The van der Waals surface area contributed by atoms with E-state index in [1.165, 1.54) is 5.56 Å². The minimum absolute atomic E-state index is 0. The van der Waals surface area contributed by atoms with Crippen LogP contribution in [0.4, 0.5) is 0 Å². The standard InChI is InChI=1S/C22H32N4O3.HI/c1-5-28-19-8-6-18(7-9-19)22(10-12-27-13-11-22)15-25-21(23-4)24-14-20-26-16(2)17(3)29-20;/h6-9H,5,10-15H2,1-4H3,(H2,23,24,25);1H. The van der Waals surface area contributed by atoms with E-state index in [1.807, 2.05) is 20.8 Å². The molecule has 30 heavy (non-hydrogen) atoms. The zero-order valence-corrected chi connectivity index (χ0v) is 20.6. The largest absolute Gasteiger partial charge is 0.494 e. The minimum Gasteiger partial charge on any atom is -0.494 e. The summed E-state index contributed by atoms with van der Waals surface area (Å²) < 4.78 is 16.9. The first kappa shape index (κ1) is 24.5. The number of benzene rings is 1. The number of aromatic nitrogens is 1. The molecule has 166 valence electrons. The van der Waals surface area contributed by atoms with Crippen LogP contribution in [0, 0.1) is 13.8 Å². The average Bonchev–Trinajstić information content (AvgIpc) is 3.07. The van der Waals surface area contributed by atoms with Crippen molar-refractivity contribution in [3.05, 3.63) is 47.2 Å². The Labute approximate surface area is 196 Å². The molecule has 1 aliphatic heterocycles. The first-order chi connectivity index (χ1) is 14.1. The molecule has 8 heteroatoms. The fourth-order valence-corrected chi connectivity index (χ4v) is 3.65. The van der Waals surface area contributed by atoms with E-state index in [2.05, 4.69) is 44.9 Å². The van der Waals surface area contributed by atoms with Crippen molar-refractivity contribution in [2.24, 2.45) is 4.99 Å². The maximum Gasteiger partial charge on any atom is 0.214 e. The predicted molar refractivity (Wildman–Crippen MR) is 129 cm³/mol. The van der Waals surface area contributed by atoms with Gasteiger partial charge in [-0.2, -0.15) is 0 Å². The molecule has 0 amide bonds. The summed E-state index contributed by atoms with van der Waals surface area (Å²) in [5.41, 5.74) is 2.21. The molecule has 3 rings (SSSR count). The highest BCUT2D eigenvalue weighted by molar-refractivity contribution is 14.0. The van der Waals surface area contributed by atoms with E-state index in [0.717, 1.165) is 55.8 Å². The zero-order valence-electron chi connectivity index (χ0n) is 18.3. The maximum atomic E-state index is 5.64. The van der Waals surface area contributed by atoms with Gasteiger partial charge in [-0.3, -0.25) is 4.99 Å². The Kier molecular flexibility index (Phi) is 9.41. The predicted octanol–water partition coefficient (Wildman–Crippen LogP) is 3.72. The molecule has 0 radical (unpaired) electrons. The van der Waals surface area contributed by atoms with E-state index in [-0.39, 0.29) is 29.4 Å². The lowest BCUT2D eigenvalue weighted by Gasteiger charge is -2.38. The number of rotatable bonds is 7. The molecule has 2 heterocycles. The Hall–Kier alpha value is -1.81. The number of nitrogens with zero attached hydrogens (tertiary/aromatic N) is 2. The Balaban J connectivity index is 0.00000320. The highest BCUT2D eigenvalue weighted by atomic mass is 127. The SMILES string of the molecule is CCOc1ccc(C2(CNC(=NC)NCc3nc(C)c(C)o3)CCOCC2)cc1.I. The summed E-state index contributed by atoms with van der Waals surface area (Å²) in [7, 11) is 1.77. The van der Waals surface area contributed by atoms with Gasteiger partial charge in [0.05, 0.1) is 18.8 Å². The van der Waals surface area contributed by atoms with Gasteiger partial charge in [-0.05, 0) is 51.3 Å². The number of oxazole rings is 1. The Bertz CT molecular complexity index is 795. The highest BCUT2D eigenvalue weighted by Crippen LogP contribution is 2.35. The number of aryl methyl sites for hydroxylation is 2. The van der Waals surface area contributed by atoms with Crippen LogP contribution >= 0.6 is 24.0 Å². The lowest BCUT2D eigenvalue weighted by Crippen LogP contribution is -2.47. The fourth-order valence-electron chi connectivity index (χ4n) is 3.65. The summed E-state index contributed by atoms with van der Waals surface area (Å²) in [5.74, 6) is 3.15. The third-order valence-electron chi connectivity index (χ3n) is 5.53. The first-order valence-electron chi connectivity index (χ1n) is 10.2. The van der Waals surface area contributed by atoms with Gasteiger partial charge in [0.1, 0.15) is 11.5 Å². The molecule has 1 aliphatic rings. The molecular weight excluding hydrogens is 495 g/mol. The lowest BCUT2D eigenvalue weighted by molar-refractivity contribution is 0.0513. The molecule has 0 atom stereocenters. The number of nitrogens with one attached hydrogen (secondary N) is 2. The second-order valence-corrected chi connectivity index (χ2v) is 7.38. The van der Waals surface area contributed by atoms with E-state index < -0.39 is 0 Å². The molecule has 7 nitrogen and oxygen atoms in total. The van der Waals surface area contributed by atoms with E-state index >= 15 is 0 Å². The summed E-state index contributed by atoms with van der Waals surface area (Å²) in [6, 6.07) is 8.45. The molecule has 1 fully saturated rings. The van der Waals surface area contributed by atoms with Crippen LogP contribution in [0.3, 0.4) is 0 Å². The van der Waals surface area contributed by atoms with E-state index in [9.17, 15) is 0 Å². The molecular formula is C22H33IN4O3. The average molecular weight is 528 g/mol. The summed E-state index contributed by atoms with van der Waals surface area (Å²) in [6.07, 6.45) is 1.92. The molecule has 0 aliphatic carbocycles. The van der Waals surface area contributed by atoms with Gasteiger partial charge in [0.25, 0.3) is 0 Å². The molecule has 0 spiro atoms.